The Hall–Kier alpha value is 0.0969. The molecule has 0 heterocycles. The Morgan fingerprint density at radius 3 is 1.55 bits per heavy atom. The SMILES string of the molecule is CCCCC/C=C\CCC(C)O[Si](C)(CCCCBr)OC(C)CC/C=C\CCCCC. The monoisotopic (exact) mass is 516 g/mol. The zero-order valence-electron chi connectivity index (χ0n) is 21.5. The van der Waals surface area contributed by atoms with Gasteiger partial charge in [-0.25, -0.2) is 0 Å². The first kappa shape index (κ1) is 31.1. The van der Waals surface area contributed by atoms with E-state index in [1.807, 2.05) is 0 Å². The molecule has 0 saturated heterocycles. The maximum Gasteiger partial charge on any atom is 0.335 e. The molecule has 2 atom stereocenters. The predicted molar refractivity (Wildman–Crippen MR) is 146 cm³/mol. The maximum atomic E-state index is 6.62. The minimum absolute atomic E-state index is 0.270. The van der Waals surface area contributed by atoms with Crippen molar-refractivity contribution in [2.45, 2.75) is 142 Å². The molecule has 4 heteroatoms. The number of hydrogen-bond acceptors (Lipinski definition) is 2. The summed E-state index contributed by atoms with van der Waals surface area (Å²) in [4.78, 5) is 0. The van der Waals surface area contributed by atoms with E-state index in [1.165, 1.54) is 64.2 Å². The molecular weight excluding hydrogens is 464 g/mol. The van der Waals surface area contributed by atoms with Gasteiger partial charge in [0.05, 0.1) is 0 Å². The van der Waals surface area contributed by atoms with Gasteiger partial charge in [0.1, 0.15) is 0 Å². The van der Waals surface area contributed by atoms with Gasteiger partial charge in [0, 0.05) is 17.5 Å². The average molecular weight is 518 g/mol. The molecule has 0 amide bonds. The van der Waals surface area contributed by atoms with E-state index >= 15 is 0 Å². The van der Waals surface area contributed by atoms with E-state index in [-0.39, 0.29) is 12.2 Å². The molecule has 2 nitrogen and oxygen atoms in total. The van der Waals surface area contributed by atoms with Crippen molar-refractivity contribution in [3.8, 4) is 0 Å². The zero-order valence-corrected chi connectivity index (χ0v) is 24.1. The van der Waals surface area contributed by atoms with E-state index in [4.69, 9.17) is 8.85 Å². The smallest absolute Gasteiger partial charge is 0.335 e. The summed E-state index contributed by atoms with van der Waals surface area (Å²) in [6.07, 6.45) is 27.0. The third-order valence-corrected chi connectivity index (χ3v) is 9.30. The van der Waals surface area contributed by atoms with Crippen LogP contribution >= 0.6 is 15.9 Å². The number of alkyl halides is 1. The summed E-state index contributed by atoms with van der Waals surface area (Å²) >= 11 is 3.57. The number of hydrogen-bond donors (Lipinski definition) is 0. The summed E-state index contributed by atoms with van der Waals surface area (Å²) in [5.74, 6) is 0. The predicted octanol–water partition coefficient (Wildman–Crippen LogP) is 9.88. The lowest BCUT2D eigenvalue weighted by Crippen LogP contribution is -2.44. The van der Waals surface area contributed by atoms with Crippen LogP contribution in [0.3, 0.4) is 0 Å². The first-order chi connectivity index (χ1) is 15.0. The van der Waals surface area contributed by atoms with Crippen LogP contribution in [0.2, 0.25) is 12.6 Å². The molecule has 0 radical (unpaired) electrons. The van der Waals surface area contributed by atoms with Gasteiger partial charge >= 0.3 is 8.56 Å². The number of halogens is 1. The van der Waals surface area contributed by atoms with Crippen molar-refractivity contribution in [1.82, 2.24) is 0 Å². The first-order valence-corrected chi connectivity index (χ1v) is 16.8. The average Bonchev–Trinajstić information content (AvgIpc) is 2.72. The number of allylic oxidation sites excluding steroid dienone is 4. The van der Waals surface area contributed by atoms with Crippen molar-refractivity contribution in [2.75, 3.05) is 5.33 Å². The van der Waals surface area contributed by atoms with Crippen molar-refractivity contribution in [3.63, 3.8) is 0 Å². The van der Waals surface area contributed by atoms with Crippen LogP contribution in [0.4, 0.5) is 0 Å². The molecule has 0 spiro atoms. The van der Waals surface area contributed by atoms with E-state index in [0.29, 0.717) is 0 Å². The molecule has 0 rings (SSSR count). The van der Waals surface area contributed by atoms with Gasteiger partial charge in [0.15, 0.2) is 0 Å². The van der Waals surface area contributed by atoms with Gasteiger partial charge in [-0.2, -0.15) is 0 Å². The quantitative estimate of drug-likeness (QED) is 0.0616. The second kappa shape index (κ2) is 21.9. The molecule has 0 aromatic carbocycles. The summed E-state index contributed by atoms with van der Waals surface area (Å²) in [7, 11) is -2.15. The summed E-state index contributed by atoms with van der Waals surface area (Å²) in [5, 5.41) is 1.06. The Labute approximate surface area is 205 Å². The minimum Gasteiger partial charge on any atom is -0.392 e. The molecule has 0 aromatic rings. The van der Waals surface area contributed by atoms with Crippen LogP contribution in [0.15, 0.2) is 24.3 Å². The Balaban J connectivity index is 4.40. The molecule has 0 aromatic heterocycles. The van der Waals surface area contributed by atoms with Gasteiger partial charge in [-0.15, -0.1) is 0 Å². The third-order valence-electron chi connectivity index (χ3n) is 5.68. The fraction of sp³-hybridized carbons (Fsp3) is 0.852. The second-order valence-corrected chi connectivity index (χ2v) is 13.3. The van der Waals surface area contributed by atoms with E-state index in [0.717, 1.165) is 37.1 Å². The lowest BCUT2D eigenvalue weighted by Gasteiger charge is -2.33. The summed E-state index contributed by atoms with van der Waals surface area (Å²) in [5.41, 5.74) is 0. The first-order valence-electron chi connectivity index (χ1n) is 13.2. The van der Waals surface area contributed by atoms with Crippen molar-refractivity contribution < 1.29 is 8.85 Å². The van der Waals surface area contributed by atoms with Crippen LogP contribution in [-0.4, -0.2) is 26.1 Å². The fourth-order valence-corrected chi connectivity index (χ4v) is 7.33. The fourth-order valence-electron chi connectivity index (χ4n) is 3.81. The zero-order chi connectivity index (χ0) is 23.2. The highest BCUT2D eigenvalue weighted by molar-refractivity contribution is 9.09. The van der Waals surface area contributed by atoms with Gasteiger partial charge in [-0.1, -0.05) is 86.2 Å². The van der Waals surface area contributed by atoms with Crippen molar-refractivity contribution in [3.05, 3.63) is 24.3 Å². The standard InChI is InChI=1S/C27H53BrO2Si/c1-6-8-10-12-14-16-18-22-26(3)29-31(5,25-21-20-24-28)30-27(4)23-19-17-15-13-11-9-7-2/h14-17,26-27H,6-13,18-25H2,1-5H3/b16-14-,17-15-. The third kappa shape index (κ3) is 20.4. The van der Waals surface area contributed by atoms with Crippen LogP contribution in [0.5, 0.6) is 0 Å². The van der Waals surface area contributed by atoms with Crippen LogP contribution in [-0.2, 0) is 8.85 Å². The van der Waals surface area contributed by atoms with E-state index < -0.39 is 8.56 Å². The van der Waals surface area contributed by atoms with Crippen LogP contribution in [0.25, 0.3) is 0 Å². The summed E-state index contributed by atoms with van der Waals surface area (Å²) in [6, 6.07) is 1.09. The van der Waals surface area contributed by atoms with Crippen molar-refractivity contribution >= 4 is 24.5 Å². The highest BCUT2D eigenvalue weighted by Gasteiger charge is 2.34. The molecule has 31 heavy (non-hydrogen) atoms. The Bertz CT molecular complexity index is 407. The molecule has 0 aliphatic heterocycles. The van der Waals surface area contributed by atoms with Gasteiger partial charge in [-0.05, 0) is 84.2 Å². The molecule has 0 bridgehead atoms. The highest BCUT2D eigenvalue weighted by Crippen LogP contribution is 2.24. The molecule has 0 aliphatic carbocycles. The Kier molecular flexibility index (Phi) is 22.0. The van der Waals surface area contributed by atoms with Gasteiger partial charge < -0.3 is 8.85 Å². The Morgan fingerprint density at radius 1 is 0.677 bits per heavy atom. The molecule has 184 valence electrons. The second-order valence-electron chi connectivity index (χ2n) is 9.23. The molecular formula is C27H53BrO2Si. The summed E-state index contributed by atoms with van der Waals surface area (Å²) in [6.45, 7) is 11.3. The highest BCUT2D eigenvalue weighted by atomic mass is 79.9. The van der Waals surface area contributed by atoms with Crippen LogP contribution in [0, 0.1) is 0 Å². The van der Waals surface area contributed by atoms with E-state index in [9.17, 15) is 0 Å². The molecule has 0 N–H and O–H groups in total. The van der Waals surface area contributed by atoms with Crippen LogP contribution in [0.1, 0.15) is 118 Å². The largest absolute Gasteiger partial charge is 0.392 e. The topological polar surface area (TPSA) is 18.5 Å². The lowest BCUT2D eigenvalue weighted by molar-refractivity contribution is 0.0877. The molecule has 0 fully saturated rings. The van der Waals surface area contributed by atoms with Crippen molar-refractivity contribution in [1.29, 1.82) is 0 Å². The maximum absolute atomic E-state index is 6.62. The van der Waals surface area contributed by atoms with Crippen LogP contribution < -0.4 is 0 Å². The van der Waals surface area contributed by atoms with E-state index in [2.05, 4.69) is 74.5 Å². The Morgan fingerprint density at radius 2 is 1.13 bits per heavy atom. The van der Waals surface area contributed by atoms with E-state index in [1.54, 1.807) is 0 Å². The molecule has 0 saturated carbocycles. The van der Waals surface area contributed by atoms with Gasteiger partial charge in [-0.3, -0.25) is 0 Å². The molecule has 2 unspecified atom stereocenters. The summed E-state index contributed by atoms with van der Waals surface area (Å²) < 4.78 is 13.2. The number of unbranched alkanes of at least 4 members (excludes halogenated alkanes) is 7. The lowest BCUT2D eigenvalue weighted by atomic mass is 10.1. The minimum atomic E-state index is -2.15. The normalized spacial score (nSPS) is 16.2. The van der Waals surface area contributed by atoms with Gasteiger partial charge in [0.25, 0.3) is 0 Å². The van der Waals surface area contributed by atoms with Gasteiger partial charge in [0.2, 0.25) is 0 Å². The molecule has 0 aliphatic rings. The number of rotatable bonds is 22. The van der Waals surface area contributed by atoms with Crippen molar-refractivity contribution in [2.24, 2.45) is 0 Å².